The molecule has 94 valence electrons. The highest BCUT2D eigenvalue weighted by atomic mass is 16.6. The molecule has 1 aromatic carbocycles. The van der Waals surface area contributed by atoms with Crippen LogP contribution >= 0.6 is 0 Å². The van der Waals surface area contributed by atoms with Gasteiger partial charge in [-0.15, -0.1) is 0 Å². The normalized spacial score (nSPS) is 19.1. The highest BCUT2D eigenvalue weighted by Gasteiger charge is 2.23. The Balaban J connectivity index is 1.94. The van der Waals surface area contributed by atoms with Crippen LogP contribution in [0, 0.1) is 0 Å². The smallest absolute Gasteiger partial charge is 0.331 e. The monoisotopic (exact) mass is 244 g/mol. The standard InChI is InChI=1S/C15H16O3/c16-15(17)13(9-10-14-11-18-14)8-4-7-12-5-2-1-3-6-12/h1-8,14H,9-11H2,(H,16,17). The molecule has 0 aromatic heterocycles. The van der Waals surface area contributed by atoms with Gasteiger partial charge in [0.15, 0.2) is 0 Å². The fraction of sp³-hybridized carbons (Fsp3) is 0.267. The van der Waals surface area contributed by atoms with Gasteiger partial charge in [-0.1, -0.05) is 48.6 Å². The molecule has 1 heterocycles. The molecule has 1 aliphatic heterocycles. The van der Waals surface area contributed by atoms with E-state index in [9.17, 15) is 4.79 Å². The highest BCUT2D eigenvalue weighted by molar-refractivity contribution is 5.87. The Morgan fingerprint density at radius 2 is 2.11 bits per heavy atom. The summed E-state index contributed by atoms with van der Waals surface area (Å²) in [5.41, 5.74) is 1.49. The second kappa shape index (κ2) is 6.17. The maximum atomic E-state index is 11.0. The summed E-state index contributed by atoms with van der Waals surface area (Å²) in [6.07, 6.45) is 6.96. The Morgan fingerprint density at radius 3 is 2.72 bits per heavy atom. The minimum atomic E-state index is -0.853. The van der Waals surface area contributed by atoms with E-state index >= 15 is 0 Å². The van der Waals surface area contributed by atoms with E-state index in [-0.39, 0.29) is 6.10 Å². The predicted molar refractivity (Wildman–Crippen MR) is 70.2 cm³/mol. The molecule has 1 aliphatic rings. The van der Waals surface area contributed by atoms with Crippen LogP contribution in [-0.4, -0.2) is 23.8 Å². The minimum Gasteiger partial charge on any atom is -0.478 e. The van der Waals surface area contributed by atoms with Crippen LogP contribution in [0.25, 0.3) is 6.08 Å². The van der Waals surface area contributed by atoms with Gasteiger partial charge in [-0.2, -0.15) is 0 Å². The van der Waals surface area contributed by atoms with Gasteiger partial charge in [-0.3, -0.25) is 0 Å². The number of carboxylic acid groups (broad SMARTS) is 1. The molecular weight excluding hydrogens is 228 g/mol. The summed E-state index contributed by atoms with van der Waals surface area (Å²) >= 11 is 0. The van der Waals surface area contributed by atoms with Crippen LogP contribution in [0.4, 0.5) is 0 Å². The van der Waals surface area contributed by atoms with E-state index in [4.69, 9.17) is 9.84 Å². The lowest BCUT2D eigenvalue weighted by Crippen LogP contribution is -2.01. The van der Waals surface area contributed by atoms with Crippen LogP contribution in [-0.2, 0) is 9.53 Å². The number of ether oxygens (including phenoxy) is 1. The van der Waals surface area contributed by atoms with Crippen LogP contribution in [0.3, 0.4) is 0 Å². The van der Waals surface area contributed by atoms with Gasteiger partial charge in [0.05, 0.1) is 12.7 Å². The quantitative estimate of drug-likeness (QED) is 0.475. The van der Waals surface area contributed by atoms with E-state index in [0.717, 1.165) is 18.6 Å². The molecule has 3 heteroatoms. The molecule has 0 aliphatic carbocycles. The average Bonchev–Trinajstić information content (AvgIpc) is 3.18. The molecule has 3 nitrogen and oxygen atoms in total. The Morgan fingerprint density at radius 1 is 1.39 bits per heavy atom. The van der Waals surface area contributed by atoms with E-state index < -0.39 is 5.97 Å². The summed E-state index contributed by atoms with van der Waals surface area (Å²) in [4.78, 5) is 11.0. The van der Waals surface area contributed by atoms with E-state index in [1.807, 2.05) is 36.4 Å². The third-order valence-corrected chi connectivity index (χ3v) is 2.80. The van der Waals surface area contributed by atoms with Crippen LogP contribution in [0.1, 0.15) is 18.4 Å². The lowest BCUT2D eigenvalue weighted by Gasteiger charge is -1.98. The number of hydrogen-bond donors (Lipinski definition) is 1. The Hall–Kier alpha value is -1.87. The molecule has 1 aromatic rings. The van der Waals surface area contributed by atoms with Crippen LogP contribution < -0.4 is 0 Å². The Labute approximate surface area is 106 Å². The lowest BCUT2D eigenvalue weighted by atomic mass is 10.1. The third kappa shape index (κ3) is 4.18. The molecule has 1 N–H and O–H groups in total. The zero-order valence-electron chi connectivity index (χ0n) is 10.1. The first kappa shape index (κ1) is 12.6. The summed E-state index contributed by atoms with van der Waals surface area (Å²) in [5.74, 6) is -0.853. The lowest BCUT2D eigenvalue weighted by molar-refractivity contribution is -0.132. The van der Waals surface area contributed by atoms with E-state index in [2.05, 4.69) is 0 Å². The minimum absolute atomic E-state index is 0.269. The van der Waals surface area contributed by atoms with Gasteiger partial charge in [0.1, 0.15) is 0 Å². The number of allylic oxidation sites excluding steroid dienone is 2. The van der Waals surface area contributed by atoms with Crippen molar-refractivity contribution >= 4 is 12.0 Å². The average molecular weight is 244 g/mol. The molecule has 0 bridgehead atoms. The second-order valence-corrected chi connectivity index (χ2v) is 4.26. The summed E-state index contributed by atoms with van der Waals surface area (Å²) in [5, 5.41) is 9.06. The van der Waals surface area contributed by atoms with E-state index in [1.54, 1.807) is 12.2 Å². The van der Waals surface area contributed by atoms with Crippen molar-refractivity contribution in [3.8, 4) is 0 Å². The highest BCUT2D eigenvalue weighted by Crippen LogP contribution is 2.19. The molecule has 1 unspecified atom stereocenters. The number of rotatable bonds is 6. The molecule has 0 saturated carbocycles. The van der Waals surface area contributed by atoms with Crippen LogP contribution in [0.15, 0.2) is 48.1 Å². The van der Waals surface area contributed by atoms with Crippen LogP contribution in [0.2, 0.25) is 0 Å². The van der Waals surface area contributed by atoms with Gasteiger partial charge in [0.2, 0.25) is 0 Å². The van der Waals surface area contributed by atoms with Crippen molar-refractivity contribution in [3.05, 3.63) is 53.6 Å². The van der Waals surface area contributed by atoms with Gasteiger partial charge < -0.3 is 9.84 Å². The SMILES string of the molecule is O=C(O)C(=CC=Cc1ccccc1)CCC1CO1. The fourth-order valence-corrected chi connectivity index (χ4v) is 1.65. The zero-order valence-corrected chi connectivity index (χ0v) is 10.1. The fourth-order valence-electron chi connectivity index (χ4n) is 1.65. The number of benzene rings is 1. The van der Waals surface area contributed by atoms with Crippen molar-refractivity contribution in [3.63, 3.8) is 0 Å². The zero-order chi connectivity index (χ0) is 12.8. The van der Waals surface area contributed by atoms with Crippen molar-refractivity contribution in [2.24, 2.45) is 0 Å². The van der Waals surface area contributed by atoms with Gasteiger partial charge in [0.25, 0.3) is 0 Å². The largest absolute Gasteiger partial charge is 0.478 e. The summed E-state index contributed by atoms with van der Waals surface area (Å²) in [6, 6.07) is 9.80. The van der Waals surface area contributed by atoms with E-state index in [0.29, 0.717) is 12.0 Å². The summed E-state index contributed by atoms with van der Waals surface area (Å²) < 4.78 is 5.07. The van der Waals surface area contributed by atoms with Gasteiger partial charge in [-0.05, 0) is 18.4 Å². The molecule has 0 radical (unpaired) electrons. The number of carboxylic acids is 1. The maximum Gasteiger partial charge on any atom is 0.331 e. The molecule has 2 rings (SSSR count). The number of epoxide rings is 1. The first-order valence-electron chi connectivity index (χ1n) is 6.03. The first-order valence-corrected chi connectivity index (χ1v) is 6.03. The molecule has 0 amide bonds. The number of carbonyl (C=O) groups is 1. The summed E-state index contributed by atoms with van der Waals surface area (Å²) in [6.45, 7) is 0.771. The molecule has 0 spiro atoms. The van der Waals surface area contributed by atoms with Crippen molar-refractivity contribution in [2.75, 3.05) is 6.61 Å². The Kier molecular flexibility index (Phi) is 4.31. The maximum absolute atomic E-state index is 11.0. The number of hydrogen-bond acceptors (Lipinski definition) is 2. The van der Waals surface area contributed by atoms with Crippen molar-refractivity contribution in [2.45, 2.75) is 18.9 Å². The van der Waals surface area contributed by atoms with E-state index in [1.165, 1.54) is 0 Å². The van der Waals surface area contributed by atoms with Crippen molar-refractivity contribution < 1.29 is 14.6 Å². The van der Waals surface area contributed by atoms with Crippen molar-refractivity contribution in [1.82, 2.24) is 0 Å². The summed E-state index contributed by atoms with van der Waals surface area (Å²) in [7, 11) is 0. The molecule has 1 saturated heterocycles. The molecular formula is C15H16O3. The number of aliphatic carboxylic acids is 1. The topological polar surface area (TPSA) is 49.8 Å². The van der Waals surface area contributed by atoms with Crippen molar-refractivity contribution in [1.29, 1.82) is 0 Å². The second-order valence-electron chi connectivity index (χ2n) is 4.26. The Bertz CT molecular complexity index is 456. The molecule has 18 heavy (non-hydrogen) atoms. The third-order valence-electron chi connectivity index (χ3n) is 2.80. The van der Waals surface area contributed by atoms with Gasteiger partial charge in [0, 0.05) is 5.57 Å². The predicted octanol–water partition coefficient (Wildman–Crippen LogP) is 2.89. The van der Waals surface area contributed by atoms with Gasteiger partial charge >= 0.3 is 5.97 Å². The van der Waals surface area contributed by atoms with Gasteiger partial charge in [-0.25, -0.2) is 4.79 Å². The molecule has 1 fully saturated rings. The van der Waals surface area contributed by atoms with Crippen LogP contribution in [0.5, 0.6) is 0 Å². The first-order chi connectivity index (χ1) is 8.75. The molecule has 1 atom stereocenters.